The van der Waals surface area contributed by atoms with E-state index in [2.05, 4.69) is 25.7 Å². The lowest BCUT2D eigenvalue weighted by Gasteiger charge is -2.28. The van der Waals surface area contributed by atoms with Gasteiger partial charge in [0.2, 0.25) is 5.88 Å². The summed E-state index contributed by atoms with van der Waals surface area (Å²) in [5.74, 6) is 1.32. The molecule has 28 heavy (non-hydrogen) atoms. The minimum atomic E-state index is 0.224. The van der Waals surface area contributed by atoms with Crippen molar-refractivity contribution >= 4 is 23.0 Å². The zero-order valence-corrected chi connectivity index (χ0v) is 17.3. The molecule has 0 aliphatic carbocycles. The number of piperidine rings is 1. The highest BCUT2D eigenvalue weighted by atomic mass is 127. The maximum absolute atomic E-state index is 6.09. The van der Waals surface area contributed by atoms with E-state index in [0.29, 0.717) is 18.0 Å². The molecule has 1 aromatic carbocycles. The van der Waals surface area contributed by atoms with E-state index in [0.717, 1.165) is 41.0 Å². The van der Waals surface area contributed by atoms with Gasteiger partial charge in [0.1, 0.15) is 11.9 Å². The fraction of sp³-hybridized carbons (Fsp3) is 0.350. The SMILES string of the molecule is IOc1cc(-c2cn[nH]c2)ccc1-c1ccc(OC2C[C@H]3CC[C@@H](C2)N3)nn1. The molecule has 8 heteroatoms. The predicted octanol–water partition coefficient (Wildman–Crippen LogP) is 3.92. The van der Waals surface area contributed by atoms with Crippen LogP contribution in [0, 0.1) is 0 Å². The molecule has 0 radical (unpaired) electrons. The van der Waals surface area contributed by atoms with Gasteiger partial charge >= 0.3 is 0 Å². The van der Waals surface area contributed by atoms with Crippen molar-refractivity contribution in [3.8, 4) is 34.0 Å². The van der Waals surface area contributed by atoms with Crippen LogP contribution in [0.4, 0.5) is 0 Å². The summed E-state index contributed by atoms with van der Waals surface area (Å²) in [4.78, 5) is 0. The number of aromatic nitrogens is 4. The summed E-state index contributed by atoms with van der Waals surface area (Å²) in [7, 11) is 0. The van der Waals surface area contributed by atoms with Crippen molar-refractivity contribution in [1.29, 1.82) is 0 Å². The molecule has 1 unspecified atom stereocenters. The standard InChI is InChI=1S/C20H20IN5O2/c21-28-19-7-12(13-10-22-23-11-13)1-4-17(19)18-5-6-20(26-25-18)27-16-8-14-2-3-15(9-16)24-14/h1,4-7,10-11,14-16,24H,2-3,8-9H2,(H,22,23)/t14-,15+,16?. The van der Waals surface area contributed by atoms with Crippen LogP contribution in [0.25, 0.3) is 22.4 Å². The molecular formula is C20H20IN5O2. The van der Waals surface area contributed by atoms with Gasteiger partial charge in [-0.15, -0.1) is 10.2 Å². The molecule has 3 atom stereocenters. The lowest BCUT2D eigenvalue weighted by molar-refractivity contribution is 0.130. The smallest absolute Gasteiger partial charge is 0.233 e. The van der Waals surface area contributed by atoms with E-state index in [1.54, 1.807) is 6.20 Å². The molecule has 2 aliphatic rings. The minimum Gasteiger partial charge on any atom is -0.473 e. The van der Waals surface area contributed by atoms with E-state index in [4.69, 9.17) is 7.80 Å². The number of ether oxygens (including phenoxy) is 1. The summed E-state index contributed by atoms with van der Waals surface area (Å²) in [6.07, 6.45) is 8.45. The van der Waals surface area contributed by atoms with E-state index in [-0.39, 0.29) is 6.10 Å². The van der Waals surface area contributed by atoms with Crippen LogP contribution in [0.15, 0.2) is 42.7 Å². The van der Waals surface area contributed by atoms with Gasteiger partial charge in [0.15, 0.2) is 23.0 Å². The molecule has 4 heterocycles. The van der Waals surface area contributed by atoms with Crippen molar-refractivity contribution in [3.63, 3.8) is 0 Å². The predicted molar refractivity (Wildman–Crippen MR) is 113 cm³/mol. The molecule has 2 saturated heterocycles. The molecule has 0 spiro atoms. The average molecular weight is 489 g/mol. The molecule has 144 valence electrons. The number of halogens is 1. The Morgan fingerprint density at radius 1 is 1.00 bits per heavy atom. The fourth-order valence-electron chi connectivity index (χ4n) is 4.18. The maximum Gasteiger partial charge on any atom is 0.233 e. The van der Waals surface area contributed by atoms with Crippen LogP contribution in [-0.2, 0) is 0 Å². The van der Waals surface area contributed by atoms with E-state index in [1.165, 1.54) is 12.8 Å². The van der Waals surface area contributed by atoms with Crippen LogP contribution in [0.1, 0.15) is 25.7 Å². The summed E-state index contributed by atoms with van der Waals surface area (Å²) < 4.78 is 11.6. The Morgan fingerprint density at radius 3 is 2.54 bits per heavy atom. The molecule has 0 amide bonds. The molecule has 2 fully saturated rings. The van der Waals surface area contributed by atoms with E-state index in [1.807, 2.05) is 59.5 Å². The first kappa shape index (κ1) is 17.9. The van der Waals surface area contributed by atoms with Gasteiger partial charge in [-0.05, 0) is 49.4 Å². The second-order valence-corrected chi connectivity index (χ2v) is 7.82. The van der Waals surface area contributed by atoms with Gasteiger partial charge in [-0.2, -0.15) is 5.10 Å². The summed E-state index contributed by atoms with van der Waals surface area (Å²) in [6, 6.07) is 11.0. The Hall–Kier alpha value is -2.20. The highest BCUT2D eigenvalue weighted by Crippen LogP contribution is 2.35. The number of hydrogen-bond acceptors (Lipinski definition) is 6. The summed E-state index contributed by atoms with van der Waals surface area (Å²) >= 11 is 1.89. The van der Waals surface area contributed by atoms with Gasteiger partial charge in [-0.3, -0.25) is 5.10 Å². The number of fused-ring (bicyclic) bond motifs is 2. The average Bonchev–Trinajstić information content (AvgIpc) is 3.38. The second kappa shape index (κ2) is 7.67. The number of nitrogens with zero attached hydrogens (tertiary/aromatic N) is 3. The Morgan fingerprint density at radius 2 is 1.86 bits per heavy atom. The van der Waals surface area contributed by atoms with Crippen molar-refractivity contribution in [2.75, 3.05) is 0 Å². The van der Waals surface area contributed by atoms with Gasteiger partial charge in [0, 0.05) is 35.5 Å². The molecular weight excluding hydrogens is 469 g/mol. The molecule has 0 saturated carbocycles. The third kappa shape index (κ3) is 3.58. The van der Waals surface area contributed by atoms with Gasteiger partial charge in [-0.1, -0.05) is 6.07 Å². The molecule has 5 rings (SSSR count). The fourth-order valence-corrected chi connectivity index (χ4v) is 4.55. The summed E-state index contributed by atoms with van der Waals surface area (Å²) in [5.41, 5.74) is 3.67. The van der Waals surface area contributed by atoms with E-state index < -0.39 is 0 Å². The molecule has 2 bridgehead atoms. The Kier molecular flexibility index (Phi) is 4.89. The Bertz CT molecular complexity index is 936. The highest BCUT2D eigenvalue weighted by Gasteiger charge is 2.34. The van der Waals surface area contributed by atoms with Crippen molar-refractivity contribution in [1.82, 2.24) is 25.7 Å². The number of aromatic amines is 1. The topological polar surface area (TPSA) is 85.0 Å². The molecule has 2 aromatic heterocycles. The lowest BCUT2D eigenvalue weighted by Crippen LogP contribution is -2.42. The third-order valence-electron chi connectivity index (χ3n) is 5.53. The van der Waals surface area contributed by atoms with Gasteiger partial charge < -0.3 is 13.1 Å². The quantitative estimate of drug-likeness (QED) is 0.529. The largest absolute Gasteiger partial charge is 0.473 e. The Labute approximate surface area is 176 Å². The zero-order valence-electron chi connectivity index (χ0n) is 15.1. The van der Waals surface area contributed by atoms with Gasteiger partial charge in [0.05, 0.1) is 11.9 Å². The van der Waals surface area contributed by atoms with Crippen LogP contribution >= 0.6 is 23.0 Å². The van der Waals surface area contributed by atoms with Crippen LogP contribution in [0.2, 0.25) is 0 Å². The normalized spacial score (nSPS) is 23.5. The number of benzene rings is 1. The minimum absolute atomic E-state index is 0.224. The van der Waals surface area contributed by atoms with Gasteiger partial charge in [0.25, 0.3) is 0 Å². The maximum atomic E-state index is 6.09. The number of nitrogens with one attached hydrogen (secondary N) is 2. The summed E-state index contributed by atoms with van der Waals surface area (Å²) in [5, 5.41) is 19.1. The molecule has 2 N–H and O–H groups in total. The van der Waals surface area contributed by atoms with Crippen molar-refractivity contribution in [3.05, 3.63) is 42.7 Å². The highest BCUT2D eigenvalue weighted by molar-refractivity contribution is 14.1. The molecule has 7 nitrogen and oxygen atoms in total. The second-order valence-electron chi connectivity index (χ2n) is 7.38. The first-order valence-corrected chi connectivity index (χ1v) is 10.3. The van der Waals surface area contributed by atoms with Crippen molar-refractivity contribution in [2.45, 2.75) is 43.9 Å². The number of rotatable bonds is 5. The van der Waals surface area contributed by atoms with E-state index >= 15 is 0 Å². The third-order valence-corrected chi connectivity index (χ3v) is 6.00. The first-order chi connectivity index (χ1) is 13.8. The van der Waals surface area contributed by atoms with Gasteiger partial charge in [-0.25, -0.2) is 0 Å². The lowest BCUT2D eigenvalue weighted by atomic mass is 10.0. The first-order valence-electron chi connectivity index (χ1n) is 9.47. The zero-order chi connectivity index (χ0) is 18.9. The van der Waals surface area contributed by atoms with Crippen molar-refractivity contribution in [2.24, 2.45) is 0 Å². The van der Waals surface area contributed by atoms with Crippen LogP contribution in [0.5, 0.6) is 11.6 Å². The monoisotopic (exact) mass is 489 g/mol. The number of hydrogen-bond donors (Lipinski definition) is 2. The van der Waals surface area contributed by atoms with Crippen LogP contribution in [-0.4, -0.2) is 38.6 Å². The van der Waals surface area contributed by atoms with Crippen molar-refractivity contribution < 1.29 is 7.80 Å². The molecule has 2 aliphatic heterocycles. The molecule has 3 aromatic rings. The number of H-pyrrole nitrogens is 1. The van der Waals surface area contributed by atoms with E-state index in [9.17, 15) is 0 Å². The van der Waals surface area contributed by atoms with Crippen LogP contribution in [0.3, 0.4) is 0 Å². The summed E-state index contributed by atoms with van der Waals surface area (Å²) in [6.45, 7) is 0. The van der Waals surface area contributed by atoms with Crippen LogP contribution < -0.4 is 13.1 Å². The Balaban J connectivity index is 1.34.